The Balaban J connectivity index is 1.80. The normalized spacial score (nSPS) is 28.4. The topological polar surface area (TPSA) is 93.2 Å². The van der Waals surface area contributed by atoms with Gasteiger partial charge < -0.3 is 10.7 Å². The first-order valence-corrected chi connectivity index (χ1v) is 6.68. The van der Waals surface area contributed by atoms with E-state index in [0.29, 0.717) is 11.7 Å². The molecule has 102 valence electrons. The molecule has 6 heteroatoms. The average molecular weight is 262 g/mol. The van der Waals surface area contributed by atoms with Crippen LogP contribution in [-0.4, -0.2) is 11.0 Å². The molecule has 3 unspecified atom stereocenters. The highest BCUT2D eigenvalue weighted by Crippen LogP contribution is 2.45. The maximum atomic E-state index is 10.9. The van der Waals surface area contributed by atoms with Gasteiger partial charge in [-0.25, -0.2) is 0 Å². The zero-order valence-corrected chi connectivity index (χ0v) is 10.6. The number of benzene rings is 1. The van der Waals surface area contributed by atoms with Gasteiger partial charge in [0.05, 0.1) is 10.6 Å². The van der Waals surface area contributed by atoms with Crippen LogP contribution in [0.5, 0.6) is 0 Å². The highest BCUT2D eigenvalue weighted by molar-refractivity contribution is 5.63. The summed E-state index contributed by atoms with van der Waals surface area (Å²) in [7, 11) is 0. The van der Waals surface area contributed by atoms with Gasteiger partial charge in [0.25, 0.3) is 5.69 Å². The van der Waals surface area contributed by atoms with Crippen molar-refractivity contribution in [3.8, 4) is 0 Å². The summed E-state index contributed by atoms with van der Waals surface area (Å²) in [5, 5.41) is 14.3. The Morgan fingerprint density at radius 1 is 1.21 bits per heavy atom. The van der Waals surface area contributed by atoms with Crippen LogP contribution >= 0.6 is 0 Å². The summed E-state index contributed by atoms with van der Waals surface area (Å²) in [5.74, 6) is 6.92. The third kappa shape index (κ3) is 2.35. The van der Waals surface area contributed by atoms with Gasteiger partial charge in [0.2, 0.25) is 0 Å². The van der Waals surface area contributed by atoms with Crippen LogP contribution in [0.2, 0.25) is 0 Å². The number of nitrogens with zero attached hydrogens (tertiary/aromatic N) is 1. The Kier molecular flexibility index (Phi) is 3.02. The Hall–Kier alpha value is -1.82. The number of nitrogens with two attached hydrogens (primary N) is 1. The number of fused-ring (bicyclic) bond motifs is 2. The molecule has 0 aromatic heterocycles. The molecule has 0 aliphatic heterocycles. The molecule has 3 atom stereocenters. The highest BCUT2D eigenvalue weighted by Gasteiger charge is 2.39. The van der Waals surface area contributed by atoms with Crippen LogP contribution in [0.1, 0.15) is 25.7 Å². The van der Waals surface area contributed by atoms with E-state index in [1.54, 1.807) is 6.07 Å². The van der Waals surface area contributed by atoms with E-state index in [9.17, 15) is 10.1 Å². The van der Waals surface area contributed by atoms with Crippen LogP contribution < -0.4 is 16.6 Å². The Bertz CT molecular complexity index is 505. The molecular formula is C13H18N4O2. The first-order valence-electron chi connectivity index (χ1n) is 6.68. The third-order valence-electron chi connectivity index (χ3n) is 4.39. The molecule has 4 N–H and O–H groups in total. The Labute approximate surface area is 111 Å². The maximum Gasteiger partial charge on any atom is 0.273 e. The fourth-order valence-corrected chi connectivity index (χ4v) is 3.52. The molecule has 2 saturated carbocycles. The fourth-order valence-electron chi connectivity index (χ4n) is 3.52. The summed E-state index contributed by atoms with van der Waals surface area (Å²) < 4.78 is 0. The van der Waals surface area contributed by atoms with Gasteiger partial charge in [0, 0.05) is 23.9 Å². The zero-order valence-electron chi connectivity index (χ0n) is 10.6. The van der Waals surface area contributed by atoms with E-state index >= 15 is 0 Å². The number of rotatable bonds is 4. The minimum absolute atomic E-state index is 0.0566. The molecule has 6 nitrogen and oxygen atoms in total. The molecule has 19 heavy (non-hydrogen) atoms. The molecule has 0 spiro atoms. The first-order chi connectivity index (χ1) is 9.15. The molecule has 1 aromatic carbocycles. The van der Waals surface area contributed by atoms with Crippen molar-refractivity contribution in [2.75, 3.05) is 10.7 Å². The Morgan fingerprint density at radius 3 is 2.58 bits per heavy atom. The standard InChI is InChI=1S/C13H18N4O2/c14-16-11-5-10(6-12(7-11)17(18)19)15-13-4-8-1-2-9(13)3-8/h5-9,13,15-16H,1-4,14H2. The monoisotopic (exact) mass is 262 g/mol. The van der Waals surface area contributed by atoms with Crippen molar-refractivity contribution < 1.29 is 4.92 Å². The third-order valence-corrected chi connectivity index (χ3v) is 4.39. The summed E-state index contributed by atoms with van der Waals surface area (Å²) in [5.41, 5.74) is 3.87. The van der Waals surface area contributed by atoms with Crippen molar-refractivity contribution in [1.82, 2.24) is 0 Å². The van der Waals surface area contributed by atoms with Gasteiger partial charge in [-0.2, -0.15) is 0 Å². The molecule has 2 aliphatic carbocycles. The minimum Gasteiger partial charge on any atom is -0.382 e. The summed E-state index contributed by atoms with van der Waals surface area (Å²) in [6.45, 7) is 0. The molecule has 0 saturated heterocycles. The highest BCUT2D eigenvalue weighted by atomic mass is 16.6. The number of hydrogen-bond donors (Lipinski definition) is 3. The van der Waals surface area contributed by atoms with Crippen molar-refractivity contribution in [2.45, 2.75) is 31.7 Å². The smallest absolute Gasteiger partial charge is 0.273 e. The number of nitrogen functional groups attached to an aromatic ring is 1. The van der Waals surface area contributed by atoms with E-state index < -0.39 is 4.92 Å². The van der Waals surface area contributed by atoms with Gasteiger partial charge in [-0.15, -0.1) is 0 Å². The number of hydrogen-bond acceptors (Lipinski definition) is 5. The quantitative estimate of drug-likeness (QED) is 0.440. The van der Waals surface area contributed by atoms with Crippen LogP contribution in [0.3, 0.4) is 0 Å². The molecule has 3 rings (SSSR count). The average Bonchev–Trinajstić information content (AvgIpc) is 3.00. The number of non-ortho nitro benzene ring substituents is 1. The van der Waals surface area contributed by atoms with Crippen LogP contribution in [-0.2, 0) is 0 Å². The molecule has 0 radical (unpaired) electrons. The molecule has 0 amide bonds. The van der Waals surface area contributed by atoms with Crippen LogP contribution in [0.15, 0.2) is 18.2 Å². The number of nitro benzene ring substituents is 1. The van der Waals surface area contributed by atoms with Crippen molar-refractivity contribution >= 4 is 17.1 Å². The predicted octanol–water partition coefficient (Wildman–Crippen LogP) is 2.48. The van der Waals surface area contributed by atoms with Gasteiger partial charge in [0.15, 0.2) is 0 Å². The summed E-state index contributed by atoms with van der Waals surface area (Å²) in [6, 6.07) is 5.28. The number of nitro groups is 1. The second-order valence-electron chi connectivity index (χ2n) is 5.60. The number of anilines is 2. The van der Waals surface area contributed by atoms with Gasteiger partial charge >= 0.3 is 0 Å². The van der Waals surface area contributed by atoms with E-state index in [-0.39, 0.29) is 5.69 Å². The van der Waals surface area contributed by atoms with Gasteiger partial charge in [-0.05, 0) is 37.2 Å². The molecule has 1 aromatic rings. The van der Waals surface area contributed by atoms with Crippen LogP contribution in [0, 0.1) is 22.0 Å². The van der Waals surface area contributed by atoms with Crippen molar-refractivity contribution in [2.24, 2.45) is 17.7 Å². The van der Waals surface area contributed by atoms with Gasteiger partial charge in [0.1, 0.15) is 0 Å². The Morgan fingerprint density at radius 2 is 2.00 bits per heavy atom. The van der Waals surface area contributed by atoms with Crippen molar-refractivity contribution in [3.63, 3.8) is 0 Å². The molecular weight excluding hydrogens is 244 g/mol. The number of hydrazine groups is 1. The van der Waals surface area contributed by atoms with E-state index in [4.69, 9.17) is 5.84 Å². The molecule has 2 fully saturated rings. The minimum atomic E-state index is -0.396. The molecule has 2 bridgehead atoms. The SMILES string of the molecule is NNc1cc(NC2CC3CCC2C3)cc([N+](=O)[O-])c1. The largest absolute Gasteiger partial charge is 0.382 e. The first kappa shape index (κ1) is 12.2. The second-order valence-corrected chi connectivity index (χ2v) is 5.60. The predicted molar refractivity (Wildman–Crippen MR) is 73.8 cm³/mol. The zero-order chi connectivity index (χ0) is 13.4. The lowest BCUT2D eigenvalue weighted by Crippen LogP contribution is -2.25. The van der Waals surface area contributed by atoms with Crippen LogP contribution in [0.25, 0.3) is 0 Å². The number of nitrogens with one attached hydrogen (secondary N) is 2. The van der Waals surface area contributed by atoms with E-state index in [1.807, 2.05) is 6.07 Å². The van der Waals surface area contributed by atoms with E-state index in [2.05, 4.69) is 10.7 Å². The lowest BCUT2D eigenvalue weighted by atomic mass is 9.95. The van der Waals surface area contributed by atoms with Crippen LogP contribution in [0.4, 0.5) is 17.1 Å². The van der Waals surface area contributed by atoms with Crippen molar-refractivity contribution in [1.29, 1.82) is 0 Å². The lowest BCUT2D eigenvalue weighted by Gasteiger charge is -2.24. The second kappa shape index (κ2) is 4.70. The maximum absolute atomic E-state index is 10.9. The lowest BCUT2D eigenvalue weighted by molar-refractivity contribution is -0.384. The fraction of sp³-hybridized carbons (Fsp3) is 0.538. The summed E-state index contributed by atoms with van der Waals surface area (Å²) >= 11 is 0. The van der Waals surface area contributed by atoms with E-state index in [1.165, 1.54) is 31.7 Å². The summed E-state index contributed by atoms with van der Waals surface area (Å²) in [4.78, 5) is 10.5. The molecule has 0 heterocycles. The van der Waals surface area contributed by atoms with Crippen molar-refractivity contribution in [3.05, 3.63) is 28.3 Å². The van der Waals surface area contributed by atoms with Gasteiger partial charge in [-0.3, -0.25) is 16.0 Å². The van der Waals surface area contributed by atoms with E-state index in [0.717, 1.165) is 17.5 Å². The molecule has 2 aliphatic rings. The summed E-state index contributed by atoms with van der Waals surface area (Å²) in [6.07, 6.45) is 5.10. The van der Waals surface area contributed by atoms with Gasteiger partial charge in [-0.1, -0.05) is 6.42 Å².